The van der Waals surface area contributed by atoms with E-state index >= 15 is 0 Å². The predicted octanol–water partition coefficient (Wildman–Crippen LogP) is 2.59. The summed E-state index contributed by atoms with van der Waals surface area (Å²) in [7, 11) is 0. The molecule has 1 aromatic rings. The third-order valence-electron chi connectivity index (χ3n) is 1.51. The minimum Gasteiger partial charge on any atom is -0.381 e. The van der Waals surface area contributed by atoms with E-state index in [0.29, 0.717) is 16.3 Å². The Labute approximate surface area is 80.9 Å². The lowest BCUT2D eigenvalue weighted by atomic mass is 10.2. The van der Waals surface area contributed by atoms with E-state index in [1.54, 1.807) is 18.2 Å². The van der Waals surface area contributed by atoms with Crippen molar-refractivity contribution in [2.45, 2.75) is 0 Å². The first-order valence-corrected chi connectivity index (χ1v) is 4.15. The Hall–Kier alpha value is -1.27. The molecule has 0 atom stereocenters. The number of nitrogens with one attached hydrogen (secondary N) is 1. The molecule has 0 spiro atoms. The zero-order chi connectivity index (χ0) is 9.68. The number of alkyl halides is 1. The highest BCUT2D eigenvalue weighted by molar-refractivity contribution is 6.30. The number of hydrogen-bond donors (Lipinski definition) is 1. The van der Waals surface area contributed by atoms with Crippen molar-refractivity contribution in [1.82, 2.24) is 0 Å². The van der Waals surface area contributed by atoms with Crippen LogP contribution in [0, 0.1) is 11.3 Å². The Morgan fingerprint density at radius 1 is 1.54 bits per heavy atom. The van der Waals surface area contributed by atoms with Gasteiger partial charge in [0.25, 0.3) is 0 Å². The Morgan fingerprint density at radius 3 is 2.92 bits per heavy atom. The molecule has 0 unspecified atom stereocenters. The van der Waals surface area contributed by atoms with Crippen LogP contribution in [0.4, 0.5) is 10.1 Å². The highest BCUT2D eigenvalue weighted by Gasteiger charge is 2.01. The zero-order valence-corrected chi connectivity index (χ0v) is 7.61. The molecule has 0 bridgehead atoms. The first kappa shape index (κ1) is 9.82. The normalized spacial score (nSPS) is 9.31. The third kappa shape index (κ3) is 2.60. The number of hydrogen-bond acceptors (Lipinski definition) is 2. The molecular formula is C9H8ClFN2. The van der Waals surface area contributed by atoms with Gasteiger partial charge in [-0.2, -0.15) is 5.26 Å². The number of nitriles is 1. The number of halogens is 2. The molecule has 13 heavy (non-hydrogen) atoms. The van der Waals surface area contributed by atoms with Crippen LogP contribution < -0.4 is 5.32 Å². The first-order chi connectivity index (χ1) is 6.27. The van der Waals surface area contributed by atoms with Gasteiger partial charge >= 0.3 is 0 Å². The zero-order valence-electron chi connectivity index (χ0n) is 6.85. The summed E-state index contributed by atoms with van der Waals surface area (Å²) < 4.78 is 11.8. The van der Waals surface area contributed by atoms with Gasteiger partial charge in [0.1, 0.15) is 12.7 Å². The Kier molecular flexibility index (Phi) is 3.53. The van der Waals surface area contributed by atoms with Gasteiger partial charge in [-0.3, -0.25) is 0 Å². The summed E-state index contributed by atoms with van der Waals surface area (Å²) in [5.74, 6) is 0. The van der Waals surface area contributed by atoms with Crippen molar-refractivity contribution in [2.24, 2.45) is 0 Å². The van der Waals surface area contributed by atoms with Gasteiger partial charge in [-0.15, -0.1) is 0 Å². The smallest absolute Gasteiger partial charge is 0.107 e. The Bertz CT molecular complexity index is 333. The van der Waals surface area contributed by atoms with Crippen molar-refractivity contribution < 1.29 is 4.39 Å². The Morgan fingerprint density at radius 2 is 2.31 bits per heavy atom. The summed E-state index contributed by atoms with van der Waals surface area (Å²) in [4.78, 5) is 0. The van der Waals surface area contributed by atoms with Crippen molar-refractivity contribution in [3.8, 4) is 6.07 Å². The van der Waals surface area contributed by atoms with Gasteiger partial charge in [-0.25, -0.2) is 4.39 Å². The fourth-order valence-corrected chi connectivity index (χ4v) is 1.11. The minimum absolute atomic E-state index is 0.190. The lowest BCUT2D eigenvalue weighted by Gasteiger charge is -2.05. The second-order valence-electron chi connectivity index (χ2n) is 2.42. The van der Waals surface area contributed by atoms with Crippen LogP contribution in [0.3, 0.4) is 0 Å². The molecule has 0 radical (unpaired) electrons. The van der Waals surface area contributed by atoms with Gasteiger partial charge in [0, 0.05) is 11.6 Å². The van der Waals surface area contributed by atoms with Gasteiger partial charge in [0.15, 0.2) is 0 Å². The van der Waals surface area contributed by atoms with Gasteiger partial charge < -0.3 is 5.32 Å². The summed E-state index contributed by atoms with van der Waals surface area (Å²) in [5, 5.41) is 12.0. The molecule has 0 aromatic heterocycles. The van der Waals surface area contributed by atoms with Crippen molar-refractivity contribution in [3.05, 3.63) is 28.8 Å². The van der Waals surface area contributed by atoms with Crippen molar-refractivity contribution in [1.29, 1.82) is 5.26 Å². The van der Waals surface area contributed by atoms with Gasteiger partial charge in [0.05, 0.1) is 11.3 Å². The van der Waals surface area contributed by atoms with Gasteiger partial charge in [-0.05, 0) is 18.2 Å². The molecule has 0 amide bonds. The molecule has 0 saturated heterocycles. The van der Waals surface area contributed by atoms with E-state index in [4.69, 9.17) is 16.9 Å². The SMILES string of the molecule is N#Cc1ccc(Cl)cc1NCCF. The molecule has 1 aromatic carbocycles. The van der Waals surface area contributed by atoms with Crippen LogP contribution in [0.5, 0.6) is 0 Å². The fourth-order valence-electron chi connectivity index (χ4n) is 0.942. The molecule has 0 fully saturated rings. The number of anilines is 1. The lowest BCUT2D eigenvalue weighted by molar-refractivity contribution is 0.513. The average molecular weight is 199 g/mol. The molecule has 0 saturated carbocycles. The molecule has 0 aliphatic heterocycles. The molecular weight excluding hydrogens is 191 g/mol. The summed E-state index contributed by atoms with van der Waals surface area (Å²) in [6.45, 7) is -0.285. The van der Waals surface area contributed by atoms with Crippen LogP contribution in [0.1, 0.15) is 5.56 Å². The van der Waals surface area contributed by atoms with E-state index < -0.39 is 6.67 Å². The van der Waals surface area contributed by atoms with E-state index in [0.717, 1.165) is 0 Å². The standard InChI is InChI=1S/C9H8ClFN2/c10-8-2-1-7(6-12)9(5-8)13-4-3-11/h1-2,5,13H,3-4H2. The van der Waals surface area contributed by atoms with Crippen molar-refractivity contribution in [2.75, 3.05) is 18.5 Å². The summed E-state index contributed by atoms with van der Waals surface area (Å²) in [5.41, 5.74) is 1.05. The minimum atomic E-state index is -0.475. The highest BCUT2D eigenvalue weighted by Crippen LogP contribution is 2.19. The average Bonchev–Trinajstić information content (AvgIpc) is 2.15. The molecule has 0 aliphatic rings. The topological polar surface area (TPSA) is 35.8 Å². The Balaban J connectivity index is 2.89. The van der Waals surface area contributed by atoms with Crippen LogP contribution >= 0.6 is 11.6 Å². The van der Waals surface area contributed by atoms with E-state index in [-0.39, 0.29) is 6.54 Å². The molecule has 2 nitrogen and oxygen atoms in total. The maximum Gasteiger partial charge on any atom is 0.107 e. The summed E-state index contributed by atoms with van der Waals surface area (Å²) in [6, 6.07) is 6.82. The second-order valence-corrected chi connectivity index (χ2v) is 2.85. The van der Waals surface area contributed by atoms with E-state index in [9.17, 15) is 4.39 Å². The van der Waals surface area contributed by atoms with Crippen LogP contribution in [0.25, 0.3) is 0 Å². The van der Waals surface area contributed by atoms with Crippen LogP contribution in [-0.2, 0) is 0 Å². The molecule has 4 heteroatoms. The predicted molar refractivity (Wildman–Crippen MR) is 50.6 cm³/mol. The molecule has 0 aliphatic carbocycles. The maximum atomic E-state index is 11.8. The first-order valence-electron chi connectivity index (χ1n) is 3.77. The molecule has 68 valence electrons. The molecule has 1 N–H and O–H groups in total. The maximum absolute atomic E-state index is 11.8. The lowest BCUT2D eigenvalue weighted by Crippen LogP contribution is -2.04. The molecule has 1 rings (SSSR count). The third-order valence-corrected chi connectivity index (χ3v) is 1.75. The highest BCUT2D eigenvalue weighted by atomic mass is 35.5. The number of nitrogens with zero attached hydrogens (tertiary/aromatic N) is 1. The summed E-state index contributed by atoms with van der Waals surface area (Å²) >= 11 is 5.71. The van der Waals surface area contributed by atoms with Gasteiger partial charge in [0.2, 0.25) is 0 Å². The van der Waals surface area contributed by atoms with Crippen LogP contribution in [0.2, 0.25) is 5.02 Å². The van der Waals surface area contributed by atoms with Crippen LogP contribution in [0.15, 0.2) is 18.2 Å². The molecule has 0 heterocycles. The van der Waals surface area contributed by atoms with Crippen LogP contribution in [-0.4, -0.2) is 13.2 Å². The van der Waals surface area contributed by atoms with E-state index in [1.165, 1.54) is 0 Å². The summed E-state index contributed by atoms with van der Waals surface area (Å²) in [6.07, 6.45) is 0. The largest absolute Gasteiger partial charge is 0.381 e. The fraction of sp³-hybridized carbons (Fsp3) is 0.222. The monoisotopic (exact) mass is 198 g/mol. The van der Waals surface area contributed by atoms with E-state index in [2.05, 4.69) is 5.32 Å². The second kappa shape index (κ2) is 4.68. The van der Waals surface area contributed by atoms with Gasteiger partial charge in [-0.1, -0.05) is 11.6 Å². The van der Waals surface area contributed by atoms with Crippen molar-refractivity contribution in [3.63, 3.8) is 0 Å². The van der Waals surface area contributed by atoms with E-state index in [1.807, 2.05) is 6.07 Å². The number of rotatable bonds is 3. The quantitative estimate of drug-likeness (QED) is 0.811. The van der Waals surface area contributed by atoms with Crippen molar-refractivity contribution >= 4 is 17.3 Å². The number of benzene rings is 1.